The molecular formula is C21H28N3O5+. The zero-order valence-corrected chi connectivity index (χ0v) is 17.2. The number of quaternary nitrogens is 1. The molecule has 156 valence electrons. The highest BCUT2D eigenvalue weighted by atomic mass is 16.5. The van der Waals surface area contributed by atoms with E-state index in [4.69, 9.17) is 14.2 Å². The van der Waals surface area contributed by atoms with Gasteiger partial charge in [-0.25, -0.2) is 4.79 Å². The fourth-order valence-corrected chi connectivity index (χ4v) is 2.95. The van der Waals surface area contributed by atoms with E-state index in [9.17, 15) is 9.59 Å². The van der Waals surface area contributed by atoms with Crippen LogP contribution in [0.3, 0.4) is 0 Å². The summed E-state index contributed by atoms with van der Waals surface area (Å²) in [7, 11) is 4.69. The first-order valence-electron chi connectivity index (χ1n) is 9.29. The summed E-state index contributed by atoms with van der Waals surface area (Å²) in [6.45, 7) is 2.64. The lowest BCUT2D eigenvalue weighted by Crippen LogP contribution is -2.86. The van der Waals surface area contributed by atoms with Gasteiger partial charge in [0, 0.05) is 18.2 Å². The van der Waals surface area contributed by atoms with Gasteiger partial charge in [0.15, 0.2) is 17.5 Å². The van der Waals surface area contributed by atoms with E-state index in [0.717, 1.165) is 11.1 Å². The van der Waals surface area contributed by atoms with Crippen molar-refractivity contribution in [1.29, 1.82) is 0 Å². The Hall–Kier alpha value is -3.26. The number of hydrogen-bond acceptors (Lipinski definition) is 5. The van der Waals surface area contributed by atoms with Gasteiger partial charge in [0.25, 0.3) is 5.91 Å². The van der Waals surface area contributed by atoms with Gasteiger partial charge in [-0.15, -0.1) is 0 Å². The lowest BCUT2D eigenvalue weighted by molar-refractivity contribution is -0.698. The highest BCUT2D eigenvalue weighted by Gasteiger charge is 2.26. The van der Waals surface area contributed by atoms with Crippen LogP contribution in [0.5, 0.6) is 17.2 Å². The maximum atomic E-state index is 12.7. The second-order valence-corrected chi connectivity index (χ2v) is 6.20. The number of nitrogens with two attached hydrogens (primary N) is 1. The molecule has 4 N–H and O–H groups in total. The average molecular weight is 402 g/mol. The Kier molecular flexibility index (Phi) is 8.29. The Balaban J connectivity index is 2.26. The van der Waals surface area contributed by atoms with Crippen LogP contribution in [-0.4, -0.2) is 39.8 Å². The summed E-state index contributed by atoms with van der Waals surface area (Å²) in [6.07, 6.45) is 0. The van der Waals surface area contributed by atoms with E-state index in [1.54, 1.807) is 34.3 Å². The third-order valence-corrected chi connectivity index (χ3v) is 4.38. The number of hydrogen-bond donors (Lipinski definition) is 3. The number of nitrogens with one attached hydrogen (secondary N) is 2. The normalized spacial score (nSPS) is 11.3. The van der Waals surface area contributed by atoms with E-state index >= 15 is 0 Å². The first kappa shape index (κ1) is 22.0. The van der Waals surface area contributed by atoms with Crippen molar-refractivity contribution in [2.45, 2.75) is 19.5 Å². The zero-order valence-electron chi connectivity index (χ0n) is 17.2. The molecule has 2 aromatic carbocycles. The number of rotatable bonds is 9. The second kappa shape index (κ2) is 10.9. The molecule has 0 radical (unpaired) electrons. The van der Waals surface area contributed by atoms with Crippen molar-refractivity contribution in [3.8, 4) is 17.2 Å². The molecule has 2 aromatic rings. The Bertz CT molecular complexity index is 827. The molecule has 2 rings (SSSR count). The van der Waals surface area contributed by atoms with Crippen LogP contribution in [0.2, 0.25) is 0 Å². The molecule has 0 fully saturated rings. The summed E-state index contributed by atoms with van der Waals surface area (Å²) in [5, 5.41) is 6.80. The first-order chi connectivity index (χ1) is 14.0. The van der Waals surface area contributed by atoms with E-state index in [1.165, 1.54) is 0 Å². The van der Waals surface area contributed by atoms with Crippen molar-refractivity contribution in [1.82, 2.24) is 10.6 Å². The second-order valence-electron chi connectivity index (χ2n) is 6.20. The third kappa shape index (κ3) is 5.86. The van der Waals surface area contributed by atoms with Gasteiger partial charge in [-0.3, -0.25) is 10.1 Å². The molecule has 0 heterocycles. The molecule has 0 aliphatic carbocycles. The van der Waals surface area contributed by atoms with Crippen LogP contribution in [0.25, 0.3) is 0 Å². The maximum absolute atomic E-state index is 12.7. The van der Waals surface area contributed by atoms with Crippen LogP contribution in [-0.2, 0) is 11.3 Å². The molecule has 0 aromatic heterocycles. The fraction of sp³-hybridized carbons (Fsp3) is 0.333. The summed E-state index contributed by atoms with van der Waals surface area (Å²) >= 11 is 0. The van der Waals surface area contributed by atoms with Crippen LogP contribution < -0.4 is 30.2 Å². The van der Waals surface area contributed by atoms with Crippen LogP contribution in [0.4, 0.5) is 4.79 Å². The molecule has 8 heteroatoms. The van der Waals surface area contributed by atoms with E-state index in [2.05, 4.69) is 10.6 Å². The molecule has 0 saturated carbocycles. The molecule has 29 heavy (non-hydrogen) atoms. The zero-order chi connectivity index (χ0) is 21.2. The molecule has 3 amide bonds. The molecule has 0 spiro atoms. The molecule has 8 nitrogen and oxygen atoms in total. The van der Waals surface area contributed by atoms with E-state index in [0.29, 0.717) is 30.3 Å². The topological polar surface area (TPSA) is 103 Å². The summed E-state index contributed by atoms with van der Waals surface area (Å²) in [5.41, 5.74) is 1.62. The predicted octanol–water partition coefficient (Wildman–Crippen LogP) is 1.36. The smallest absolute Gasteiger partial charge is 0.321 e. The van der Waals surface area contributed by atoms with Crippen LogP contribution in [0.1, 0.15) is 24.1 Å². The average Bonchev–Trinajstić information content (AvgIpc) is 2.74. The van der Waals surface area contributed by atoms with Gasteiger partial charge < -0.3 is 24.8 Å². The number of urea groups is 1. The minimum absolute atomic E-state index is 0.401. The molecule has 0 bridgehead atoms. The Morgan fingerprint density at radius 1 is 0.966 bits per heavy atom. The van der Waals surface area contributed by atoms with Gasteiger partial charge in [-0.05, 0) is 13.0 Å². The Labute approximate surface area is 170 Å². The number of amides is 3. The maximum Gasteiger partial charge on any atom is 0.321 e. The lowest BCUT2D eigenvalue weighted by Gasteiger charge is -2.18. The minimum atomic E-state index is -0.614. The Morgan fingerprint density at radius 2 is 1.59 bits per heavy atom. The van der Waals surface area contributed by atoms with E-state index in [1.807, 2.05) is 41.7 Å². The number of ether oxygens (including phenoxy) is 3. The molecule has 1 atom stereocenters. The van der Waals surface area contributed by atoms with Gasteiger partial charge in [0.05, 0.1) is 26.9 Å². The lowest BCUT2D eigenvalue weighted by atomic mass is 10.1. The molecular weight excluding hydrogens is 374 g/mol. The van der Waals surface area contributed by atoms with E-state index in [-0.39, 0.29) is 0 Å². The molecule has 0 aliphatic rings. The van der Waals surface area contributed by atoms with Crippen molar-refractivity contribution in [3.05, 3.63) is 53.6 Å². The summed E-state index contributed by atoms with van der Waals surface area (Å²) in [4.78, 5) is 24.6. The highest BCUT2D eigenvalue weighted by molar-refractivity contribution is 5.96. The standard InChI is InChI=1S/C21H27N3O5/c1-5-22-21(26)24-20(25)19(14-9-7-6-8-10-14)23-13-15-11-17(28-3)18(29-4)12-16(15)27-2/h6-12,19,23H,5,13H2,1-4H3,(H2,22,24,25,26)/p+1/t19-/m0/s1. The number of benzene rings is 2. The van der Waals surface area contributed by atoms with Gasteiger partial charge in [0.1, 0.15) is 12.3 Å². The highest BCUT2D eigenvalue weighted by Crippen LogP contribution is 2.34. The number of carbonyl (C=O) groups is 2. The minimum Gasteiger partial charge on any atom is -0.496 e. The van der Waals surface area contributed by atoms with Crippen LogP contribution >= 0.6 is 0 Å². The SMILES string of the molecule is CCNC(=O)NC(=O)[C@@H]([NH2+]Cc1cc(OC)c(OC)cc1OC)c1ccccc1. The monoisotopic (exact) mass is 402 g/mol. The quantitative estimate of drug-likeness (QED) is 0.588. The van der Waals surface area contributed by atoms with Crippen molar-refractivity contribution < 1.29 is 29.1 Å². The van der Waals surface area contributed by atoms with E-state index < -0.39 is 18.0 Å². The first-order valence-corrected chi connectivity index (χ1v) is 9.29. The molecule has 0 unspecified atom stereocenters. The predicted molar refractivity (Wildman–Crippen MR) is 108 cm³/mol. The van der Waals surface area contributed by atoms with Crippen molar-refractivity contribution in [3.63, 3.8) is 0 Å². The van der Waals surface area contributed by atoms with Crippen molar-refractivity contribution >= 4 is 11.9 Å². The summed E-state index contributed by atoms with van der Waals surface area (Å²) in [5.74, 6) is 1.35. The number of methoxy groups -OCH3 is 3. The Morgan fingerprint density at radius 3 is 2.17 bits per heavy atom. The largest absolute Gasteiger partial charge is 0.496 e. The number of carbonyl (C=O) groups excluding carboxylic acids is 2. The van der Waals surface area contributed by atoms with Gasteiger partial charge >= 0.3 is 6.03 Å². The van der Waals surface area contributed by atoms with Crippen LogP contribution in [0.15, 0.2) is 42.5 Å². The van der Waals surface area contributed by atoms with Gasteiger partial charge in [-0.2, -0.15) is 0 Å². The van der Waals surface area contributed by atoms with Crippen molar-refractivity contribution in [2.24, 2.45) is 0 Å². The van der Waals surface area contributed by atoms with Gasteiger partial charge in [-0.1, -0.05) is 30.3 Å². The summed E-state index contributed by atoms with van der Waals surface area (Å²) < 4.78 is 16.1. The van der Waals surface area contributed by atoms with Crippen molar-refractivity contribution in [2.75, 3.05) is 27.9 Å². The van der Waals surface area contributed by atoms with Crippen LogP contribution in [0, 0.1) is 0 Å². The number of imide groups is 1. The fourth-order valence-electron chi connectivity index (χ4n) is 2.95. The molecule has 0 aliphatic heterocycles. The molecule has 0 saturated heterocycles. The van der Waals surface area contributed by atoms with Gasteiger partial charge in [0.2, 0.25) is 0 Å². The third-order valence-electron chi connectivity index (χ3n) is 4.38. The summed E-state index contributed by atoms with van der Waals surface area (Å²) in [6, 6.07) is 11.7.